The molecule has 1 rings (SSSR count). The zero-order chi connectivity index (χ0) is 13.1. The molecule has 1 aliphatic carbocycles. The van der Waals surface area contributed by atoms with E-state index in [1.54, 1.807) is 6.92 Å². The van der Waals surface area contributed by atoms with E-state index < -0.39 is 23.7 Å². The lowest BCUT2D eigenvalue weighted by Crippen LogP contribution is -2.52. The molecule has 0 spiro atoms. The van der Waals surface area contributed by atoms with Crippen molar-refractivity contribution >= 4 is 12.4 Å². The summed E-state index contributed by atoms with van der Waals surface area (Å²) in [5, 5.41) is 4.43. The van der Waals surface area contributed by atoms with Gasteiger partial charge in [0.25, 0.3) is 0 Å². The van der Waals surface area contributed by atoms with Crippen molar-refractivity contribution < 1.29 is 22.8 Å². The van der Waals surface area contributed by atoms with Gasteiger partial charge in [0.15, 0.2) is 0 Å². The highest BCUT2D eigenvalue weighted by Crippen LogP contribution is 2.40. The molecule has 0 heterocycles. The van der Waals surface area contributed by atoms with Crippen LogP contribution in [0.15, 0.2) is 0 Å². The number of alkyl halides is 3. The second-order valence-corrected chi connectivity index (χ2v) is 4.59. The highest BCUT2D eigenvalue weighted by Gasteiger charge is 2.44. The van der Waals surface area contributed by atoms with Gasteiger partial charge in [0.05, 0.1) is 5.92 Å². The normalized spacial score (nSPS) is 29.5. The maximum absolute atomic E-state index is 12.4. The molecule has 0 aromatic rings. The van der Waals surface area contributed by atoms with Crippen molar-refractivity contribution in [2.45, 2.75) is 44.3 Å². The molecule has 0 radical (unpaired) electrons. The van der Waals surface area contributed by atoms with Crippen LogP contribution < -0.4 is 10.6 Å². The molecule has 1 fully saturated rings. The Labute approximate surface area is 96.9 Å². The SMILES string of the molecule is CC1(NC(=O)NC=O)CCC(C(F)(F)F)CC1. The van der Waals surface area contributed by atoms with E-state index in [0.29, 0.717) is 0 Å². The Kier molecular flexibility index (Phi) is 4.00. The molecule has 3 amide bonds. The first-order valence-electron chi connectivity index (χ1n) is 5.36. The van der Waals surface area contributed by atoms with Crippen LogP contribution in [0.4, 0.5) is 18.0 Å². The van der Waals surface area contributed by atoms with Crippen LogP contribution in [0.3, 0.4) is 0 Å². The minimum absolute atomic E-state index is 0.00136. The lowest BCUT2D eigenvalue weighted by molar-refractivity contribution is -0.184. The van der Waals surface area contributed by atoms with E-state index in [-0.39, 0.29) is 32.1 Å². The summed E-state index contributed by atoms with van der Waals surface area (Å²) in [7, 11) is 0. The molecule has 0 unspecified atom stereocenters. The van der Waals surface area contributed by atoms with E-state index >= 15 is 0 Å². The lowest BCUT2D eigenvalue weighted by Gasteiger charge is -2.38. The Bertz CT molecular complexity index is 296. The number of carbonyl (C=O) groups is 2. The molecule has 4 nitrogen and oxygen atoms in total. The Balaban J connectivity index is 2.49. The summed E-state index contributed by atoms with van der Waals surface area (Å²) in [6.07, 6.45) is -3.41. The number of nitrogens with one attached hydrogen (secondary N) is 2. The molecule has 17 heavy (non-hydrogen) atoms. The molecule has 2 N–H and O–H groups in total. The van der Waals surface area contributed by atoms with E-state index in [1.807, 2.05) is 5.32 Å². The lowest BCUT2D eigenvalue weighted by atomic mass is 9.77. The van der Waals surface area contributed by atoms with Crippen molar-refractivity contribution in [3.8, 4) is 0 Å². The number of imide groups is 1. The fourth-order valence-electron chi connectivity index (χ4n) is 2.07. The Morgan fingerprint density at radius 2 is 1.88 bits per heavy atom. The van der Waals surface area contributed by atoms with Gasteiger partial charge in [0.2, 0.25) is 6.41 Å². The smallest absolute Gasteiger partial charge is 0.333 e. The van der Waals surface area contributed by atoms with Gasteiger partial charge in [-0.3, -0.25) is 10.1 Å². The van der Waals surface area contributed by atoms with Gasteiger partial charge >= 0.3 is 12.2 Å². The molecular formula is C10H15F3N2O2. The Morgan fingerprint density at radius 1 is 1.35 bits per heavy atom. The maximum atomic E-state index is 12.4. The molecule has 7 heteroatoms. The molecule has 0 aliphatic heterocycles. The Hall–Kier alpha value is -1.27. The van der Waals surface area contributed by atoms with Gasteiger partial charge in [-0.2, -0.15) is 13.2 Å². The van der Waals surface area contributed by atoms with Crippen LogP contribution in [-0.2, 0) is 4.79 Å². The predicted octanol–water partition coefficient (Wildman–Crippen LogP) is 1.95. The summed E-state index contributed by atoms with van der Waals surface area (Å²) in [5.74, 6) is -1.29. The predicted molar refractivity (Wildman–Crippen MR) is 54.1 cm³/mol. The van der Waals surface area contributed by atoms with Crippen molar-refractivity contribution in [3.05, 3.63) is 0 Å². The molecule has 0 atom stereocenters. The quantitative estimate of drug-likeness (QED) is 0.738. The summed E-state index contributed by atoms with van der Waals surface area (Å²) < 4.78 is 37.3. The fourth-order valence-corrected chi connectivity index (χ4v) is 2.07. The second-order valence-electron chi connectivity index (χ2n) is 4.59. The van der Waals surface area contributed by atoms with Gasteiger partial charge in [-0.15, -0.1) is 0 Å². The van der Waals surface area contributed by atoms with Crippen molar-refractivity contribution in [1.29, 1.82) is 0 Å². The van der Waals surface area contributed by atoms with E-state index in [9.17, 15) is 22.8 Å². The zero-order valence-electron chi connectivity index (χ0n) is 9.43. The van der Waals surface area contributed by atoms with Crippen LogP contribution in [0, 0.1) is 5.92 Å². The monoisotopic (exact) mass is 252 g/mol. The first kappa shape index (κ1) is 13.8. The highest BCUT2D eigenvalue weighted by molar-refractivity contribution is 5.84. The standard InChI is InChI=1S/C10H15F3N2O2/c1-9(15-8(17)14-6-16)4-2-7(3-5-9)10(11,12)13/h6-7H,2-5H2,1H3,(H2,14,15,16,17). The van der Waals surface area contributed by atoms with Gasteiger partial charge in [0, 0.05) is 5.54 Å². The summed E-state index contributed by atoms with van der Waals surface area (Å²) >= 11 is 0. The van der Waals surface area contributed by atoms with Crippen molar-refractivity contribution in [2.75, 3.05) is 0 Å². The second kappa shape index (κ2) is 4.93. The molecule has 98 valence electrons. The third-order valence-electron chi connectivity index (χ3n) is 3.16. The van der Waals surface area contributed by atoms with Crippen molar-refractivity contribution in [2.24, 2.45) is 5.92 Å². The van der Waals surface area contributed by atoms with Crippen LogP contribution in [-0.4, -0.2) is 24.2 Å². The number of halogens is 3. The first-order valence-corrected chi connectivity index (χ1v) is 5.36. The highest BCUT2D eigenvalue weighted by atomic mass is 19.4. The van der Waals surface area contributed by atoms with Crippen LogP contribution in [0.1, 0.15) is 32.6 Å². The van der Waals surface area contributed by atoms with E-state index in [0.717, 1.165) is 0 Å². The van der Waals surface area contributed by atoms with Crippen molar-refractivity contribution in [3.63, 3.8) is 0 Å². The number of amides is 3. The molecule has 0 saturated heterocycles. The third kappa shape index (κ3) is 3.90. The maximum Gasteiger partial charge on any atom is 0.391 e. The van der Waals surface area contributed by atoms with Crippen LogP contribution in [0.5, 0.6) is 0 Å². The minimum atomic E-state index is -4.16. The molecule has 1 saturated carbocycles. The third-order valence-corrected chi connectivity index (χ3v) is 3.16. The Morgan fingerprint density at radius 3 is 2.29 bits per heavy atom. The topological polar surface area (TPSA) is 58.2 Å². The number of carbonyl (C=O) groups excluding carboxylic acids is 2. The number of urea groups is 1. The molecule has 0 aromatic heterocycles. The first-order chi connectivity index (χ1) is 7.77. The van der Waals surface area contributed by atoms with E-state index in [1.165, 1.54) is 0 Å². The van der Waals surface area contributed by atoms with Gasteiger partial charge in [-0.05, 0) is 32.6 Å². The molecule has 1 aliphatic rings. The van der Waals surface area contributed by atoms with Gasteiger partial charge in [-0.1, -0.05) is 0 Å². The van der Waals surface area contributed by atoms with Gasteiger partial charge < -0.3 is 5.32 Å². The van der Waals surface area contributed by atoms with E-state index in [2.05, 4.69) is 5.32 Å². The summed E-state index contributed by atoms with van der Waals surface area (Å²) in [4.78, 5) is 21.1. The summed E-state index contributed by atoms with van der Waals surface area (Å²) in [5.41, 5.74) is -0.672. The fraction of sp³-hybridized carbons (Fsp3) is 0.800. The van der Waals surface area contributed by atoms with Gasteiger partial charge in [-0.25, -0.2) is 4.79 Å². The molecular weight excluding hydrogens is 237 g/mol. The largest absolute Gasteiger partial charge is 0.391 e. The summed E-state index contributed by atoms with van der Waals surface area (Å²) in [6, 6.07) is -0.673. The number of hydrogen-bond donors (Lipinski definition) is 2. The van der Waals surface area contributed by atoms with Crippen LogP contribution in [0.2, 0.25) is 0 Å². The average Bonchev–Trinajstić information content (AvgIpc) is 2.16. The van der Waals surface area contributed by atoms with Crippen molar-refractivity contribution in [1.82, 2.24) is 10.6 Å². The zero-order valence-corrected chi connectivity index (χ0v) is 9.43. The molecule has 0 aromatic carbocycles. The minimum Gasteiger partial charge on any atom is -0.333 e. The molecule has 0 bridgehead atoms. The number of rotatable bonds is 2. The van der Waals surface area contributed by atoms with E-state index in [4.69, 9.17) is 0 Å². The van der Waals surface area contributed by atoms with Crippen LogP contribution >= 0.6 is 0 Å². The van der Waals surface area contributed by atoms with Crippen LogP contribution in [0.25, 0.3) is 0 Å². The average molecular weight is 252 g/mol. The number of hydrogen-bond acceptors (Lipinski definition) is 2. The summed E-state index contributed by atoms with van der Waals surface area (Å²) in [6.45, 7) is 1.68. The van der Waals surface area contributed by atoms with Gasteiger partial charge in [0.1, 0.15) is 0 Å².